The summed E-state index contributed by atoms with van der Waals surface area (Å²) in [7, 11) is 0. The van der Waals surface area contributed by atoms with Crippen molar-refractivity contribution >= 4 is 17.2 Å². The molecule has 13 heavy (non-hydrogen) atoms. The Bertz CT molecular complexity index is 410. The largest absolute Gasteiger partial charge is 0.383 e. The van der Waals surface area contributed by atoms with Crippen molar-refractivity contribution in [2.24, 2.45) is 0 Å². The molecule has 0 spiro atoms. The number of hydrogen-bond donors (Lipinski definition) is 1. The van der Waals surface area contributed by atoms with E-state index in [-0.39, 0.29) is 0 Å². The third-order valence-electron chi connectivity index (χ3n) is 1.50. The van der Waals surface area contributed by atoms with E-state index >= 15 is 0 Å². The van der Waals surface area contributed by atoms with Gasteiger partial charge in [0.2, 0.25) is 5.95 Å². The maximum atomic E-state index is 12.5. The molecule has 0 radical (unpaired) electrons. The zero-order chi connectivity index (χ0) is 9.26. The molecule has 0 aromatic carbocycles. The fraction of sp³-hybridized carbons (Fsp3) is 0. The summed E-state index contributed by atoms with van der Waals surface area (Å²) in [5.74, 6) is -0.0161. The van der Waals surface area contributed by atoms with Crippen LogP contribution in [0, 0.1) is 5.95 Å². The van der Waals surface area contributed by atoms with Gasteiger partial charge in [0.05, 0.1) is 0 Å². The molecule has 0 saturated carbocycles. The molecule has 0 aliphatic carbocycles. The number of pyridine rings is 1. The topological polar surface area (TPSA) is 51.8 Å². The number of hydrogen-bond acceptors (Lipinski definition) is 4. The molecule has 2 rings (SSSR count). The number of aromatic nitrogens is 2. The Morgan fingerprint density at radius 2 is 2.23 bits per heavy atom. The van der Waals surface area contributed by atoms with Crippen molar-refractivity contribution in [2.75, 3.05) is 5.73 Å². The Labute approximate surface area is 78.1 Å². The Hall–Kier alpha value is -1.49. The van der Waals surface area contributed by atoms with Gasteiger partial charge in [-0.15, -0.1) is 11.3 Å². The van der Waals surface area contributed by atoms with Gasteiger partial charge in [-0.3, -0.25) is 0 Å². The zero-order valence-electron chi connectivity index (χ0n) is 6.57. The van der Waals surface area contributed by atoms with E-state index in [2.05, 4.69) is 9.97 Å². The Morgan fingerprint density at radius 3 is 2.77 bits per heavy atom. The SMILES string of the molecule is Nc1csc(-c2ccc(F)nc2)n1. The minimum atomic E-state index is -0.492. The maximum Gasteiger partial charge on any atom is 0.212 e. The summed E-state index contributed by atoms with van der Waals surface area (Å²) in [5.41, 5.74) is 6.23. The molecule has 2 N–H and O–H groups in total. The lowest BCUT2D eigenvalue weighted by Gasteiger charge is -1.93. The van der Waals surface area contributed by atoms with Crippen molar-refractivity contribution in [3.8, 4) is 10.6 Å². The second kappa shape index (κ2) is 3.10. The molecule has 0 unspecified atom stereocenters. The molecule has 0 fully saturated rings. The van der Waals surface area contributed by atoms with Gasteiger partial charge < -0.3 is 5.73 Å². The summed E-state index contributed by atoms with van der Waals surface area (Å²) in [6, 6.07) is 2.92. The summed E-state index contributed by atoms with van der Waals surface area (Å²) in [6.07, 6.45) is 1.44. The van der Waals surface area contributed by atoms with E-state index in [0.717, 1.165) is 10.6 Å². The lowest BCUT2D eigenvalue weighted by molar-refractivity contribution is 0.584. The number of nitrogens with two attached hydrogens (primary N) is 1. The van der Waals surface area contributed by atoms with Gasteiger partial charge >= 0.3 is 0 Å². The number of nitrogens with zero attached hydrogens (tertiary/aromatic N) is 2. The van der Waals surface area contributed by atoms with Crippen LogP contribution < -0.4 is 5.73 Å². The van der Waals surface area contributed by atoms with Crippen LogP contribution >= 0.6 is 11.3 Å². The fourth-order valence-electron chi connectivity index (χ4n) is 0.921. The molecule has 0 aliphatic heterocycles. The Kier molecular flexibility index (Phi) is 1.94. The lowest BCUT2D eigenvalue weighted by atomic mass is 10.3. The number of nitrogen functional groups attached to an aromatic ring is 1. The molecule has 2 aromatic heterocycles. The minimum Gasteiger partial charge on any atom is -0.383 e. The van der Waals surface area contributed by atoms with Crippen LogP contribution in [0.15, 0.2) is 23.7 Å². The predicted octanol–water partition coefficient (Wildman–Crippen LogP) is 1.93. The average Bonchev–Trinajstić information content (AvgIpc) is 2.53. The molecule has 0 saturated heterocycles. The third kappa shape index (κ3) is 1.65. The van der Waals surface area contributed by atoms with Crippen LogP contribution in [0.3, 0.4) is 0 Å². The van der Waals surface area contributed by atoms with E-state index in [4.69, 9.17) is 5.73 Å². The molecular weight excluding hydrogens is 189 g/mol. The number of halogens is 1. The first-order valence-corrected chi connectivity index (χ1v) is 4.46. The van der Waals surface area contributed by atoms with Gasteiger partial charge in [-0.25, -0.2) is 9.97 Å². The van der Waals surface area contributed by atoms with Crippen LogP contribution in [0.25, 0.3) is 10.6 Å². The van der Waals surface area contributed by atoms with E-state index < -0.39 is 5.95 Å². The van der Waals surface area contributed by atoms with Crippen LogP contribution in [0.2, 0.25) is 0 Å². The van der Waals surface area contributed by atoms with Crippen molar-refractivity contribution in [3.63, 3.8) is 0 Å². The van der Waals surface area contributed by atoms with E-state index in [1.54, 1.807) is 11.4 Å². The first kappa shape index (κ1) is 8.12. The molecule has 5 heteroatoms. The van der Waals surface area contributed by atoms with Gasteiger partial charge in [0.1, 0.15) is 10.8 Å². The highest BCUT2D eigenvalue weighted by Gasteiger charge is 2.02. The van der Waals surface area contributed by atoms with Crippen LogP contribution in [0.5, 0.6) is 0 Å². The normalized spacial score (nSPS) is 10.2. The molecule has 2 heterocycles. The van der Waals surface area contributed by atoms with E-state index in [9.17, 15) is 4.39 Å². The van der Waals surface area contributed by atoms with Crippen molar-refractivity contribution in [3.05, 3.63) is 29.7 Å². The Morgan fingerprint density at radius 1 is 1.38 bits per heavy atom. The van der Waals surface area contributed by atoms with Gasteiger partial charge in [-0.05, 0) is 12.1 Å². The number of anilines is 1. The number of rotatable bonds is 1. The predicted molar refractivity (Wildman–Crippen MR) is 49.7 cm³/mol. The standard InChI is InChI=1S/C8H6FN3S/c9-6-2-1-5(3-11-6)8-12-7(10)4-13-8/h1-4H,10H2. The molecule has 0 amide bonds. The summed E-state index contributed by atoms with van der Waals surface area (Å²) in [6.45, 7) is 0. The van der Waals surface area contributed by atoms with Crippen LogP contribution in [-0.4, -0.2) is 9.97 Å². The molecule has 3 nitrogen and oxygen atoms in total. The third-order valence-corrected chi connectivity index (χ3v) is 2.41. The van der Waals surface area contributed by atoms with Crippen molar-refractivity contribution in [1.29, 1.82) is 0 Å². The Balaban J connectivity index is 2.41. The van der Waals surface area contributed by atoms with Crippen LogP contribution in [0.4, 0.5) is 10.2 Å². The summed E-state index contributed by atoms with van der Waals surface area (Å²) in [5, 5.41) is 2.49. The van der Waals surface area contributed by atoms with Gasteiger partial charge in [-0.2, -0.15) is 4.39 Å². The fourth-order valence-corrected chi connectivity index (χ4v) is 1.62. The highest BCUT2D eigenvalue weighted by Crippen LogP contribution is 2.23. The smallest absolute Gasteiger partial charge is 0.212 e. The second-order valence-corrected chi connectivity index (χ2v) is 3.31. The molecule has 66 valence electrons. The number of thiazole rings is 1. The first-order chi connectivity index (χ1) is 6.25. The van der Waals surface area contributed by atoms with Crippen molar-refractivity contribution < 1.29 is 4.39 Å². The molecule has 0 bridgehead atoms. The molecule has 2 aromatic rings. The molecule has 0 atom stereocenters. The van der Waals surface area contributed by atoms with E-state index in [1.807, 2.05) is 0 Å². The highest BCUT2D eigenvalue weighted by molar-refractivity contribution is 7.13. The van der Waals surface area contributed by atoms with Crippen molar-refractivity contribution in [2.45, 2.75) is 0 Å². The second-order valence-electron chi connectivity index (χ2n) is 2.45. The average molecular weight is 195 g/mol. The minimum absolute atomic E-state index is 0.476. The monoisotopic (exact) mass is 195 g/mol. The molecular formula is C8H6FN3S. The summed E-state index contributed by atoms with van der Waals surface area (Å²) >= 11 is 1.41. The zero-order valence-corrected chi connectivity index (χ0v) is 7.38. The molecule has 0 aliphatic rings. The van der Waals surface area contributed by atoms with Gasteiger partial charge in [0, 0.05) is 17.1 Å². The van der Waals surface area contributed by atoms with Crippen LogP contribution in [0.1, 0.15) is 0 Å². The summed E-state index contributed by atoms with van der Waals surface area (Å²) < 4.78 is 12.5. The van der Waals surface area contributed by atoms with Gasteiger partial charge in [0.15, 0.2) is 0 Å². The van der Waals surface area contributed by atoms with Crippen molar-refractivity contribution in [1.82, 2.24) is 9.97 Å². The maximum absolute atomic E-state index is 12.5. The van der Waals surface area contributed by atoms with E-state index in [0.29, 0.717) is 5.82 Å². The van der Waals surface area contributed by atoms with Gasteiger partial charge in [0.25, 0.3) is 0 Å². The summed E-state index contributed by atoms with van der Waals surface area (Å²) in [4.78, 5) is 7.57. The van der Waals surface area contributed by atoms with E-state index in [1.165, 1.54) is 23.6 Å². The first-order valence-electron chi connectivity index (χ1n) is 3.58. The lowest BCUT2D eigenvalue weighted by Crippen LogP contribution is -1.85. The van der Waals surface area contributed by atoms with Gasteiger partial charge in [-0.1, -0.05) is 0 Å². The van der Waals surface area contributed by atoms with Crippen LogP contribution in [-0.2, 0) is 0 Å². The highest BCUT2D eigenvalue weighted by atomic mass is 32.1. The quantitative estimate of drug-likeness (QED) is 0.707.